The van der Waals surface area contributed by atoms with Gasteiger partial charge in [-0.2, -0.15) is 5.26 Å². The molecule has 0 aromatic carbocycles. The van der Waals surface area contributed by atoms with Crippen molar-refractivity contribution in [3.8, 4) is 6.07 Å². The molecular weight excluding hydrogens is 430 g/mol. The third-order valence-corrected chi connectivity index (χ3v) is 7.31. The van der Waals surface area contributed by atoms with Crippen molar-refractivity contribution in [3.05, 3.63) is 28.6 Å². The van der Waals surface area contributed by atoms with Gasteiger partial charge in [0.1, 0.15) is 11.6 Å². The summed E-state index contributed by atoms with van der Waals surface area (Å²) in [5, 5.41) is 9.47. The van der Waals surface area contributed by atoms with Crippen molar-refractivity contribution < 1.29 is 22.7 Å². The van der Waals surface area contributed by atoms with E-state index >= 15 is 0 Å². The van der Waals surface area contributed by atoms with Gasteiger partial charge in [0.2, 0.25) is 0 Å². The van der Waals surface area contributed by atoms with Gasteiger partial charge in [0.25, 0.3) is 5.91 Å². The minimum absolute atomic E-state index is 0.0570. The van der Waals surface area contributed by atoms with Crippen molar-refractivity contribution in [3.63, 3.8) is 0 Å². The molecule has 2 heterocycles. The molecule has 0 aliphatic carbocycles. The molecule has 8 nitrogen and oxygen atoms in total. The first kappa shape index (κ1) is 25.7. The van der Waals surface area contributed by atoms with E-state index in [1.165, 1.54) is 11.0 Å². The molecule has 0 saturated carbocycles. The highest BCUT2D eigenvalue weighted by Crippen LogP contribution is 2.21. The number of amides is 1. The summed E-state index contributed by atoms with van der Waals surface area (Å²) in [6.07, 6.45) is 2.53. The Labute approximate surface area is 190 Å². The lowest BCUT2D eigenvalue weighted by Gasteiger charge is -2.27. The number of carbonyl (C=O) groups excluding carboxylic acids is 2. The van der Waals surface area contributed by atoms with Gasteiger partial charge in [-0.1, -0.05) is 20.8 Å². The van der Waals surface area contributed by atoms with Gasteiger partial charge < -0.3 is 14.2 Å². The summed E-state index contributed by atoms with van der Waals surface area (Å²) < 4.78 is 30.8. The van der Waals surface area contributed by atoms with E-state index < -0.39 is 34.4 Å². The Morgan fingerprint density at radius 3 is 2.59 bits per heavy atom. The molecule has 0 spiro atoms. The zero-order valence-electron chi connectivity index (χ0n) is 19.6. The number of esters is 1. The maximum atomic E-state index is 12.7. The largest absolute Gasteiger partial charge is 0.451 e. The Kier molecular flexibility index (Phi) is 8.67. The first-order valence-corrected chi connectivity index (χ1v) is 12.8. The fourth-order valence-electron chi connectivity index (χ4n) is 3.97. The van der Waals surface area contributed by atoms with E-state index in [1.54, 1.807) is 0 Å². The highest BCUT2D eigenvalue weighted by atomic mass is 32.2. The fourth-order valence-corrected chi connectivity index (χ4v) is 5.70. The van der Waals surface area contributed by atoms with E-state index in [4.69, 9.17) is 4.74 Å². The van der Waals surface area contributed by atoms with Gasteiger partial charge in [-0.25, -0.2) is 13.2 Å². The number of nitriles is 1. The Morgan fingerprint density at radius 1 is 1.38 bits per heavy atom. The van der Waals surface area contributed by atoms with E-state index in [-0.39, 0.29) is 17.1 Å². The molecule has 1 amide bonds. The van der Waals surface area contributed by atoms with Crippen LogP contribution in [0.2, 0.25) is 0 Å². The summed E-state index contributed by atoms with van der Waals surface area (Å²) in [5.74, 6) is -0.882. The first-order chi connectivity index (χ1) is 15.0. The lowest BCUT2D eigenvalue weighted by Crippen LogP contribution is -2.43. The number of hydrogen-bond donors (Lipinski definition) is 0. The molecule has 0 N–H and O–H groups in total. The van der Waals surface area contributed by atoms with E-state index in [0.717, 1.165) is 23.5 Å². The number of nitrogens with zero attached hydrogens (tertiary/aromatic N) is 3. The normalized spacial score (nSPS) is 17.9. The van der Waals surface area contributed by atoms with Crippen molar-refractivity contribution in [1.82, 2.24) is 9.47 Å². The van der Waals surface area contributed by atoms with Gasteiger partial charge in [-0.05, 0) is 50.3 Å². The Hall–Kier alpha value is -2.60. The van der Waals surface area contributed by atoms with Crippen molar-refractivity contribution in [2.45, 2.75) is 60.0 Å². The Bertz CT molecular complexity index is 1030. The first-order valence-electron chi connectivity index (χ1n) is 10.9. The van der Waals surface area contributed by atoms with Crippen LogP contribution in [0.4, 0.5) is 0 Å². The van der Waals surface area contributed by atoms with Crippen molar-refractivity contribution >= 4 is 27.8 Å². The number of sulfone groups is 1. The average molecular weight is 464 g/mol. The quantitative estimate of drug-likeness (QED) is 0.316. The molecule has 1 saturated heterocycles. The minimum atomic E-state index is -3.14. The van der Waals surface area contributed by atoms with Crippen molar-refractivity contribution in [1.29, 1.82) is 5.26 Å². The number of aryl methyl sites for hydroxylation is 1. The molecule has 2 rings (SSSR count). The lowest BCUT2D eigenvalue weighted by molar-refractivity contribution is -0.149. The number of aromatic nitrogens is 1. The van der Waals surface area contributed by atoms with Crippen molar-refractivity contribution in [2.24, 2.45) is 5.92 Å². The van der Waals surface area contributed by atoms with Gasteiger partial charge in [-0.3, -0.25) is 4.79 Å². The second-order valence-corrected chi connectivity index (χ2v) is 10.9. The topological polar surface area (TPSA) is 109 Å². The van der Waals surface area contributed by atoms with E-state index in [0.29, 0.717) is 25.3 Å². The molecule has 1 aliphatic rings. The van der Waals surface area contributed by atoms with Crippen LogP contribution in [0.15, 0.2) is 11.6 Å². The molecule has 1 atom stereocenters. The predicted molar refractivity (Wildman–Crippen MR) is 122 cm³/mol. The highest BCUT2D eigenvalue weighted by Gasteiger charge is 2.34. The average Bonchev–Trinajstić information content (AvgIpc) is 3.21. The highest BCUT2D eigenvalue weighted by molar-refractivity contribution is 7.91. The smallest absolute Gasteiger partial charge is 0.349 e. The maximum absolute atomic E-state index is 12.7. The summed E-state index contributed by atoms with van der Waals surface area (Å²) in [6, 6.07) is 3.38. The fraction of sp³-hybridized carbons (Fsp3) is 0.609. The third-order valence-electron chi connectivity index (χ3n) is 5.56. The van der Waals surface area contributed by atoms with Gasteiger partial charge in [-0.15, -0.1) is 0 Å². The summed E-state index contributed by atoms with van der Waals surface area (Å²) >= 11 is 0. The van der Waals surface area contributed by atoms with Crippen LogP contribution in [0, 0.1) is 31.1 Å². The molecular formula is C23H33N3O5S. The predicted octanol–water partition coefficient (Wildman–Crippen LogP) is 2.64. The van der Waals surface area contributed by atoms with Crippen LogP contribution < -0.4 is 0 Å². The second-order valence-electron chi connectivity index (χ2n) is 8.72. The van der Waals surface area contributed by atoms with Crippen LogP contribution >= 0.6 is 0 Å². The molecule has 1 aromatic heterocycles. The van der Waals surface area contributed by atoms with E-state index in [2.05, 4.69) is 18.4 Å². The number of carbonyl (C=O) groups is 2. The monoisotopic (exact) mass is 463 g/mol. The molecule has 1 unspecified atom stereocenters. The van der Waals surface area contributed by atoms with Crippen LogP contribution in [-0.4, -0.2) is 60.5 Å². The zero-order valence-corrected chi connectivity index (χ0v) is 20.4. The molecule has 1 aliphatic heterocycles. The summed E-state index contributed by atoms with van der Waals surface area (Å²) in [5.41, 5.74) is 2.55. The standard InChI is InChI=1S/C23H33N3O5S/c1-6-8-25(21-7-9-32(29,30)15-21)22(27)14-31-23(28)20(12-24)11-19-10-17(4)26(18(19)5)13-16(2)3/h10-11,16,21H,6-9,13-15H2,1-5H3. The molecule has 176 valence electrons. The van der Waals surface area contributed by atoms with Gasteiger partial charge in [0, 0.05) is 30.5 Å². The van der Waals surface area contributed by atoms with Crippen molar-refractivity contribution in [2.75, 3.05) is 24.7 Å². The van der Waals surface area contributed by atoms with Gasteiger partial charge in [0.15, 0.2) is 16.4 Å². The zero-order chi connectivity index (χ0) is 24.1. The van der Waals surface area contributed by atoms with Crippen LogP contribution in [0.3, 0.4) is 0 Å². The van der Waals surface area contributed by atoms with E-state index in [1.807, 2.05) is 32.9 Å². The molecule has 9 heteroatoms. The van der Waals surface area contributed by atoms with Gasteiger partial charge >= 0.3 is 5.97 Å². The number of ether oxygens (including phenoxy) is 1. The second kappa shape index (κ2) is 10.8. The summed E-state index contributed by atoms with van der Waals surface area (Å²) in [4.78, 5) is 26.6. The molecule has 0 radical (unpaired) electrons. The SMILES string of the molecule is CCCN(C(=O)COC(=O)C(C#N)=Cc1cc(C)n(CC(C)C)c1C)C1CCS(=O)(=O)C1. The van der Waals surface area contributed by atoms with Crippen LogP contribution in [0.1, 0.15) is 50.6 Å². The summed E-state index contributed by atoms with van der Waals surface area (Å²) in [7, 11) is -3.14. The third kappa shape index (κ3) is 6.45. The molecule has 32 heavy (non-hydrogen) atoms. The number of rotatable bonds is 9. The van der Waals surface area contributed by atoms with Crippen LogP contribution in [-0.2, 0) is 30.7 Å². The molecule has 1 fully saturated rings. The van der Waals surface area contributed by atoms with Gasteiger partial charge in [0.05, 0.1) is 11.5 Å². The Balaban J connectivity index is 2.10. The molecule has 1 aromatic rings. The molecule has 0 bridgehead atoms. The minimum Gasteiger partial charge on any atom is -0.451 e. The summed E-state index contributed by atoms with van der Waals surface area (Å²) in [6.45, 7) is 10.7. The van der Waals surface area contributed by atoms with Crippen LogP contribution in [0.25, 0.3) is 6.08 Å². The van der Waals surface area contributed by atoms with Crippen LogP contribution in [0.5, 0.6) is 0 Å². The van der Waals surface area contributed by atoms with E-state index in [9.17, 15) is 23.3 Å². The lowest BCUT2D eigenvalue weighted by atomic mass is 10.1. The maximum Gasteiger partial charge on any atom is 0.349 e. The Morgan fingerprint density at radius 2 is 2.06 bits per heavy atom. The number of hydrogen-bond acceptors (Lipinski definition) is 6.